The van der Waals surface area contributed by atoms with Crippen molar-refractivity contribution in [3.05, 3.63) is 0 Å². The largest absolute Gasteiger partial charge is 0.405 e. The third-order valence-electron chi connectivity index (χ3n) is 1.36. The van der Waals surface area contributed by atoms with E-state index < -0.39 is 18.8 Å². The summed E-state index contributed by atoms with van der Waals surface area (Å²) in [6, 6.07) is -0.659. The molecule has 0 atom stereocenters. The van der Waals surface area contributed by atoms with Crippen molar-refractivity contribution in [1.82, 2.24) is 10.6 Å². The minimum absolute atomic E-state index is 0.0817. The van der Waals surface area contributed by atoms with Gasteiger partial charge in [0.1, 0.15) is 6.54 Å². The molecular weight excluding hydrogens is 173 g/mol. The van der Waals surface area contributed by atoms with Gasteiger partial charge in [0, 0.05) is 6.04 Å². The first-order valence-electron chi connectivity index (χ1n) is 3.58. The van der Waals surface area contributed by atoms with Crippen LogP contribution in [-0.2, 0) is 0 Å². The molecule has 0 unspecified atom stereocenters. The Kier molecular flexibility index (Phi) is 2.44. The molecule has 1 fully saturated rings. The van der Waals surface area contributed by atoms with Crippen LogP contribution in [0.15, 0.2) is 0 Å². The number of carbonyl (C=O) groups is 1. The van der Waals surface area contributed by atoms with Gasteiger partial charge < -0.3 is 10.6 Å². The zero-order valence-electron chi connectivity index (χ0n) is 6.24. The molecule has 0 saturated heterocycles. The normalized spacial score (nSPS) is 17.2. The lowest BCUT2D eigenvalue weighted by atomic mass is 10.6. The first-order chi connectivity index (χ1) is 5.47. The number of halogens is 3. The predicted molar refractivity (Wildman–Crippen MR) is 35.6 cm³/mol. The minimum atomic E-state index is -4.33. The van der Waals surface area contributed by atoms with Crippen LogP contribution < -0.4 is 10.6 Å². The monoisotopic (exact) mass is 182 g/mol. The molecule has 0 aromatic rings. The van der Waals surface area contributed by atoms with Crippen molar-refractivity contribution < 1.29 is 18.0 Å². The molecule has 0 aliphatic heterocycles. The Morgan fingerprint density at radius 1 is 1.42 bits per heavy atom. The average Bonchev–Trinajstić information content (AvgIpc) is 2.66. The maximum absolute atomic E-state index is 11.5. The Morgan fingerprint density at radius 3 is 2.42 bits per heavy atom. The van der Waals surface area contributed by atoms with Crippen molar-refractivity contribution in [3.8, 4) is 0 Å². The third kappa shape index (κ3) is 4.05. The highest BCUT2D eigenvalue weighted by atomic mass is 19.4. The van der Waals surface area contributed by atoms with E-state index in [0.717, 1.165) is 12.8 Å². The van der Waals surface area contributed by atoms with E-state index in [2.05, 4.69) is 5.32 Å². The first kappa shape index (κ1) is 9.15. The Labute approximate surface area is 67.3 Å². The standard InChI is InChI=1S/C6H9F3N2O/c7-6(8,9)3-10-5(12)11-4-1-2-4/h4H,1-3H2,(H2,10,11,12). The minimum Gasteiger partial charge on any atom is -0.335 e. The number of nitrogens with one attached hydrogen (secondary N) is 2. The van der Waals surface area contributed by atoms with E-state index in [1.165, 1.54) is 0 Å². The number of amides is 2. The van der Waals surface area contributed by atoms with Crippen molar-refractivity contribution in [2.45, 2.75) is 25.1 Å². The number of urea groups is 1. The quantitative estimate of drug-likeness (QED) is 0.657. The highest BCUT2D eigenvalue weighted by molar-refractivity contribution is 5.74. The average molecular weight is 182 g/mol. The molecule has 1 aliphatic rings. The summed E-state index contributed by atoms with van der Waals surface area (Å²) in [5.41, 5.74) is 0. The van der Waals surface area contributed by atoms with Gasteiger partial charge in [0.2, 0.25) is 0 Å². The van der Waals surface area contributed by atoms with E-state index in [0.29, 0.717) is 0 Å². The summed E-state index contributed by atoms with van der Waals surface area (Å²) in [4.78, 5) is 10.6. The van der Waals surface area contributed by atoms with Gasteiger partial charge in [0.05, 0.1) is 0 Å². The van der Waals surface area contributed by atoms with Crippen LogP contribution in [0.2, 0.25) is 0 Å². The van der Waals surface area contributed by atoms with Gasteiger partial charge >= 0.3 is 12.2 Å². The summed E-state index contributed by atoms with van der Waals surface area (Å²) in [5, 5.41) is 4.10. The third-order valence-corrected chi connectivity index (χ3v) is 1.36. The second-order valence-corrected chi connectivity index (χ2v) is 2.72. The number of hydrogen-bond acceptors (Lipinski definition) is 1. The Morgan fingerprint density at radius 2 is 2.00 bits per heavy atom. The molecule has 0 radical (unpaired) electrons. The lowest BCUT2D eigenvalue weighted by molar-refractivity contribution is -0.122. The van der Waals surface area contributed by atoms with Crippen LogP contribution >= 0.6 is 0 Å². The van der Waals surface area contributed by atoms with Crippen LogP contribution in [0.5, 0.6) is 0 Å². The summed E-state index contributed by atoms with van der Waals surface area (Å²) in [6.07, 6.45) is -2.61. The fourth-order valence-electron chi connectivity index (χ4n) is 0.645. The molecule has 0 heterocycles. The van der Waals surface area contributed by atoms with Crippen LogP contribution in [0, 0.1) is 0 Å². The summed E-state index contributed by atoms with van der Waals surface area (Å²) >= 11 is 0. The van der Waals surface area contributed by atoms with Gasteiger partial charge in [0.25, 0.3) is 0 Å². The van der Waals surface area contributed by atoms with E-state index in [-0.39, 0.29) is 6.04 Å². The molecule has 1 aliphatic carbocycles. The van der Waals surface area contributed by atoms with Crippen molar-refractivity contribution in [3.63, 3.8) is 0 Å². The molecule has 3 nitrogen and oxygen atoms in total. The maximum atomic E-state index is 11.5. The molecular formula is C6H9F3N2O. The molecule has 1 saturated carbocycles. The second kappa shape index (κ2) is 3.20. The highest BCUT2D eigenvalue weighted by Gasteiger charge is 2.29. The van der Waals surface area contributed by atoms with E-state index in [9.17, 15) is 18.0 Å². The van der Waals surface area contributed by atoms with E-state index in [1.54, 1.807) is 5.32 Å². The SMILES string of the molecule is O=C(NCC(F)(F)F)NC1CC1. The molecule has 70 valence electrons. The van der Waals surface area contributed by atoms with Crippen LogP contribution in [0.3, 0.4) is 0 Å². The van der Waals surface area contributed by atoms with Crippen molar-refractivity contribution in [2.75, 3.05) is 6.54 Å². The van der Waals surface area contributed by atoms with Gasteiger partial charge in [-0.2, -0.15) is 13.2 Å². The summed E-state index contributed by atoms with van der Waals surface area (Å²) < 4.78 is 34.6. The molecule has 1 rings (SSSR count). The molecule has 0 aromatic heterocycles. The van der Waals surface area contributed by atoms with Gasteiger partial charge in [-0.15, -0.1) is 0 Å². The van der Waals surface area contributed by atoms with Crippen LogP contribution in [0.4, 0.5) is 18.0 Å². The van der Waals surface area contributed by atoms with Gasteiger partial charge in [-0.25, -0.2) is 4.79 Å². The molecule has 6 heteroatoms. The molecule has 2 N–H and O–H groups in total. The van der Waals surface area contributed by atoms with Crippen LogP contribution in [-0.4, -0.2) is 24.8 Å². The fraction of sp³-hybridized carbons (Fsp3) is 0.833. The molecule has 12 heavy (non-hydrogen) atoms. The number of alkyl halides is 3. The lowest BCUT2D eigenvalue weighted by Gasteiger charge is -2.08. The van der Waals surface area contributed by atoms with Crippen molar-refractivity contribution in [1.29, 1.82) is 0 Å². The highest BCUT2D eigenvalue weighted by Crippen LogP contribution is 2.18. The van der Waals surface area contributed by atoms with Gasteiger partial charge in [-0.05, 0) is 12.8 Å². The number of rotatable bonds is 2. The zero-order valence-corrected chi connectivity index (χ0v) is 6.24. The van der Waals surface area contributed by atoms with Gasteiger partial charge in [0.15, 0.2) is 0 Å². The number of carbonyl (C=O) groups excluding carboxylic acids is 1. The summed E-state index contributed by atoms with van der Waals surface area (Å²) in [6.45, 7) is -1.27. The molecule has 0 spiro atoms. The Hall–Kier alpha value is -0.940. The molecule has 0 aromatic carbocycles. The Bertz CT molecular complexity index is 176. The summed E-state index contributed by atoms with van der Waals surface area (Å²) in [5.74, 6) is 0. The fourth-order valence-corrected chi connectivity index (χ4v) is 0.645. The van der Waals surface area contributed by atoms with Gasteiger partial charge in [-0.3, -0.25) is 0 Å². The van der Waals surface area contributed by atoms with Crippen molar-refractivity contribution in [2.24, 2.45) is 0 Å². The lowest BCUT2D eigenvalue weighted by Crippen LogP contribution is -2.41. The predicted octanol–water partition coefficient (Wildman–Crippen LogP) is 1.01. The molecule has 0 bridgehead atoms. The topological polar surface area (TPSA) is 41.1 Å². The van der Waals surface area contributed by atoms with Gasteiger partial charge in [-0.1, -0.05) is 0 Å². The van der Waals surface area contributed by atoms with Crippen molar-refractivity contribution >= 4 is 6.03 Å². The van der Waals surface area contributed by atoms with E-state index in [1.807, 2.05) is 0 Å². The first-order valence-corrected chi connectivity index (χ1v) is 3.58. The van der Waals surface area contributed by atoms with Crippen LogP contribution in [0.1, 0.15) is 12.8 Å². The van der Waals surface area contributed by atoms with E-state index in [4.69, 9.17) is 0 Å². The smallest absolute Gasteiger partial charge is 0.335 e. The summed E-state index contributed by atoms with van der Waals surface area (Å²) in [7, 11) is 0. The Balaban J connectivity index is 2.09. The number of hydrogen-bond donors (Lipinski definition) is 2. The van der Waals surface area contributed by atoms with E-state index >= 15 is 0 Å². The zero-order chi connectivity index (χ0) is 9.19. The van der Waals surface area contributed by atoms with Crippen LogP contribution in [0.25, 0.3) is 0 Å². The maximum Gasteiger partial charge on any atom is 0.405 e. The molecule has 2 amide bonds. The second-order valence-electron chi connectivity index (χ2n) is 2.72.